The standard InChI is InChI=1S/C38H74N4O3/c1-5-6-7-8-9-10-20-42-21-11-12-28(2)31-13-14-32-36-33(27-35(38(31,32)4)45-24-19-41)37(3)16-15-30(43-22-17-39)25-29(37)26-34(36)44-23-18-40/h28-36,42H,5-27,39-41H2,1-4H3/t28-,29+,30-,31-,32+,33+,34-,35+,36+,37+,38-/m1/s1. The topological polar surface area (TPSA) is 118 Å². The van der Waals surface area contributed by atoms with E-state index in [9.17, 15) is 0 Å². The van der Waals surface area contributed by atoms with E-state index >= 15 is 0 Å². The molecule has 4 saturated carbocycles. The highest BCUT2D eigenvalue weighted by atomic mass is 16.5. The van der Waals surface area contributed by atoms with E-state index in [0.717, 1.165) is 32.2 Å². The first kappa shape index (κ1) is 37.5. The molecule has 11 atom stereocenters. The lowest BCUT2D eigenvalue weighted by atomic mass is 9.43. The van der Waals surface area contributed by atoms with Crippen molar-refractivity contribution in [2.45, 2.75) is 142 Å². The zero-order valence-electron chi connectivity index (χ0n) is 29.9. The largest absolute Gasteiger partial charge is 0.377 e. The molecule has 0 aromatic rings. The van der Waals surface area contributed by atoms with Crippen molar-refractivity contribution in [2.24, 2.45) is 63.5 Å². The Morgan fingerprint density at radius 3 is 2.20 bits per heavy atom. The van der Waals surface area contributed by atoms with Crippen molar-refractivity contribution in [2.75, 3.05) is 52.5 Å². The molecule has 0 aromatic carbocycles. The van der Waals surface area contributed by atoms with Crippen LogP contribution in [0, 0.1) is 46.3 Å². The van der Waals surface area contributed by atoms with Crippen molar-refractivity contribution in [3.63, 3.8) is 0 Å². The molecule has 4 aliphatic carbocycles. The van der Waals surface area contributed by atoms with Crippen LogP contribution in [0.4, 0.5) is 0 Å². The molecule has 0 bridgehead atoms. The third kappa shape index (κ3) is 8.85. The maximum absolute atomic E-state index is 6.86. The maximum Gasteiger partial charge on any atom is 0.0637 e. The molecular weight excluding hydrogens is 560 g/mol. The third-order valence-electron chi connectivity index (χ3n) is 13.5. The molecule has 45 heavy (non-hydrogen) atoms. The Labute approximate surface area is 277 Å². The van der Waals surface area contributed by atoms with Crippen molar-refractivity contribution in [1.29, 1.82) is 0 Å². The highest BCUT2D eigenvalue weighted by molar-refractivity contribution is 5.15. The summed E-state index contributed by atoms with van der Waals surface area (Å²) in [6, 6.07) is 0. The highest BCUT2D eigenvalue weighted by Crippen LogP contribution is 2.69. The zero-order chi connectivity index (χ0) is 32.3. The van der Waals surface area contributed by atoms with Crippen molar-refractivity contribution in [1.82, 2.24) is 5.32 Å². The van der Waals surface area contributed by atoms with Crippen molar-refractivity contribution < 1.29 is 14.2 Å². The number of hydrogen-bond acceptors (Lipinski definition) is 7. The van der Waals surface area contributed by atoms with Crippen LogP contribution in [0.5, 0.6) is 0 Å². The van der Waals surface area contributed by atoms with Crippen molar-refractivity contribution in [3.8, 4) is 0 Å². The summed E-state index contributed by atoms with van der Waals surface area (Å²) < 4.78 is 19.9. The molecule has 0 aliphatic heterocycles. The van der Waals surface area contributed by atoms with Crippen LogP contribution in [0.1, 0.15) is 124 Å². The van der Waals surface area contributed by atoms with Gasteiger partial charge in [0.1, 0.15) is 0 Å². The van der Waals surface area contributed by atoms with Gasteiger partial charge in [0.15, 0.2) is 0 Å². The molecule has 4 rings (SSSR count). The van der Waals surface area contributed by atoms with E-state index in [0.29, 0.717) is 86.5 Å². The monoisotopic (exact) mass is 635 g/mol. The lowest BCUT2D eigenvalue weighted by molar-refractivity contribution is -0.226. The Kier molecular flexibility index (Phi) is 15.4. The van der Waals surface area contributed by atoms with Crippen LogP contribution in [0.3, 0.4) is 0 Å². The minimum Gasteiger partial charge on any atom is -0.377 e. The number of ether oxygens (including phenoxy) is 3. The quantitative estimate of drug-likeness (QED) is 0.110. The minimum absolute atomic E-state index is 0.163. The second kappa shape index (κ2) is 18.5. The molecule has 0 aromatic heterocycles. The number of unbranched alkanes of at least 4 members (excludes halogenated alkanes) is 5. The first-order valence-electron chi connectivity index (χ1n) is 19.5. The Morgan fingerprint density at radius 1 is 0.756 bits per heavy atom. The van der Waals surface area contributed by atoms with E-state index in [1.165, 1.54) is 77.2 Å². The fourth-order valence-corrected chi connectivity index (χ4v) is 11.2. The molecule has 0 radical (unpaired) electrons. The summed E-state index contributed by atoms with van der Waals surface area (Å²) in [6.45, 7) is 16.2. The summed E-state index contributed by atoms with van der Waals surface area (Å²) in [4.78, 5) is 0. The summed E-state index contributed by atoms with van der Waals surface area (Å²) in [7, 11) is 0. The van der Waals surface area contributed by atoms with Crippen LogP contribution >= 0.6 is 0 Å². The van der Waals surface area contributed by atoms with Gasteiger partial charge >= 0.3 is 0 Å². The Morgan fingerprint density at radius 2 is 1.44 bits per heavy atom. The van der Waals surface area contributed by atoms with Crippen LogP contribution in [0.2, 0.25) is 0 Å². The first-order chi connectivity index (χ1) is 21.8. The molecule has 0 unspecified atom stereocenters. The fourth-order valence-electron chi connectivity index (χ4n) is 11.2. The molecule has 4 fully saturated rings. The van der Waals surface area contributed by atoms with Crippen LogP contribution in [-0.4, -0.2) is 70.9 Å². The predicted octanol–water partition coefficient (Wildman–Crippen LogP) is 6.26. The second-order valence-corrected chi connectivity index (χ2v) is 16.1. The van der Waals surface area contributed by atoms with Gasteiger partial charge in [-0.05, 0) is 118 Å². The molecule has 7 heteroatoms. The second-order valence-electron chi connectivity index (χ2n) is 16.1. The number of rotatable bonds is 21. The molecular formula is C38H74N4O3. The Hall–Kier alpha value is -0.280. The normalized spacial score (nSPS) is 38.5. The molecule has 7 N–H and O–H groups in total. The van der Waals surface area contributed by atoms with Gasteiger partial charge in [-0.2, -0.15) is 0 Å². The smallest absolute Gasteiger partial charge is 0.0637 e. The van der Waals surface area contributed by atoms with E-state index in [-0.39, 0.29) is 17.6 Å². The lowest BCUT2D eigenvalue weighted by Crippen LogP contribution is -2.63. The number of fused-ring (bicyclic) bond motifs is 5. The molecule has 0 spiro atoms. The lowest BCUT2D eigenvalue weighted by Gasteiger charge is -2.64. The third-order valence-corrected chi connectivity index (χ3v) is 13.5. The molecule has 0 saturated heterocycles. The number of nitrogens with one attached hydrogen (secondary N) is 1. The first-order valence-corrected chi connectivity index (χ1v) is 19.5. The summed E-state index contributed by atoms with van der Waals surface area (Å²) in [5.41, 5.74) is 18.4. The van der Waals surface area contributed by atoms with Crippen LogP contribution in [0.15, 0.2) is 0 Å². The average molecular weight is 635 g/mol. The number of nitrogens with two attached hydrogens (primary N) is 3. The summed E-state index contributed by atoms with van der Waals surface area (Å²) in [5.74, 6) is 3.81. The minimum atomic E-state index is 0.163. The Balaban J connectivity index is 1.44. The SMILES string of the molecule is CCCCCCCCNCCC[C@@H](C)[C@H]1CC[C@H]2[C@@H]3[C@H](OCCN)C[C@@H]4C[C@H](OCCN)CC[C@]4(C)[C@H]3C[C@H](OCCN)[C@]12C. The molecule has 4 aliphatic rings. The van der Waals surface area contributed by atoms with Gasteiger partial charge in [0.05, 0.1) is 38.1 Å². The van der Waals surface area contributed by atoms with E-state index in [1.54, 1.807) is 0 Å². The van der Waals surface area contributed by atoms with Crippen molar-refractivity contribution >= 4 is 0 Å². The van der Waals surface area contributed by atoms with Gasteiger partial charge < -0.3 is 36.7 Å². The van der Waals surface area contributed by atoms with Gasteiger partial charge in [-0.1, -0.05) is 59.8 Å². The maximum atomic E-state index is 6.86. The average Bonchev–Trinajstić information content (AvgIpc) is 3.40. The van der Waals surface area contributed by atoms with E-state index < -0.39 is 0 Å². The molecule has 264 valence electrons. The van der Waals surface area contributed by atoms with Crippen LogP contribution in [0.25, 0.3) is 0 Å². The zero-order valence-corrected chi connectivity index (χ0v) is 29.9. The Bertz CT molecular complexity index is 833. The van der Waals surface area contributed by atoms with Crippen LogP contribution < -0.4 is 22.5 Å². The molecule has 0 heterocycles. The van der Waals surface area contributed by atoms with Gasteiger partial charge in [-0.3, -0.25) is 0 Å². The van der Waals surface area contributed by atoms with Gasteiger partial charge in [0.2, 0.25) is 0 Å². The summed E-state index contributed by atoms with van der Waals surface area (Å²) >= 11 is 0. The predicted molar refractivity (Wildman–Crippen MR) is 187 cm³/mol. The summed E-state index contributed by atoms with van der Waals surface area (Å²) in [5, 5.41) is 3.75. The highest BCUT2D eigenvalue weighted by Gasteiger charge is 2.66. The molecule has 7 nitrogen and oxygen atoms in total. The van der Waals surface area contributed by atoms with Crippen molar-refractivity contribution in [3.05, 3.63) is 0 Å². The van der Waals surface area contributed by atoms with Gasteiger partial charge in [-0.15, -0.1) is 0 Å². The van der Waals surface area contributed by atoms with E-state index in [1.807, 2.05) is 0 Å². The van der Waals surface area contributed by atoms with Gasteiger partial charge in [0, 0.05) is 25.0 Å². The van der Waals surface area contributed by atoms with Gasteiger partial charge in [0.25, 0.3) is 0 Å². The van der Waals surface area contributed by atoms with E-state index in [2.05, 4.69) is 33.0 Å². The van der Waals surface area contributed by atoms with E-state index in [4.69, 9.17) is 31.4 Å². The summed E-state index contributed by atoms with van der Waals surface area (Å²) in [6.07, 6.45) is 20.1. The van der Waals surface area contributed by atoms with Gasteiger partial charge in [-0.25, -0.2) is 0 Å². The fraction of sp³-hybridized carbons (Fsp3) is 1.00. The number of hydrogen-bond donors (Lipinski definition) is 4. The van der Waals surface area contributed by atoms with Crippen LogP contribution in [-0.2, 0) is 14.2 Å². The molecule has 0 amide bonds.